The Kier molecular flexibility index (Phi) is 8.77. The Morgan fingerprint density at radius 2 is 1.59 bits per heavy atom. The lowest BCUT2D eigenvalue weighted by Gasteiger charge is -2.36. The van der Waals surface area contributed by atoms with Crippen molar-refractivity contribution in [2.24, 2.45) is 5.92 Å². The number of piperazine rings is 1. The number of thiophene rings is 1. The molecule has 0 spiro atoms. The molecule has 0 bridgehead atoms. The average Bonchev–Trinajstić information content (AvgIpc) is 3.73. The zero-order valence-corrected chi connectivity index (χ0v) is 25.6. The average molecular weight is 609 g/mol. The zero-order valence-electron chi connectivity index (χ0n) is 24.8. The number of nitrogens with one attached hydrogen (secondary N) is 2. The summed E-state index contributed by atoms with van der Waals surface area (Å²) in [5.74, 6) is -0.919. The maximum absolute atomic E-state index is 14.7. The van der Waals surface area contributed by atoms with Gasteiger partial charge in [0.25, 0.3) is 0 Å². The van der Waals surface area contributed by atoms with Gasteiger partial charge in [-0.3, -0.25) is 9.59 Å². The number of ether oxygens (including phenoxy) is 1. The molecule has 2 aliphatic rings. The van der Waals surface area contributed by atoms with Crippen molar-refractivity contribution in [2.45, 2.75) is 24.9 Å². The van der Waals surface area contributed by atoms with Crippen LogP contribution in [0.1, 0.15) is 38.3 Å². The van der Waals surface area contributed by atoms with E-state index in [4.69, 9.17) is 4.74 Å². The molecule has 3 aromatic carbocycles. The number of carbonyl (C=O) groups excluding carboxylic acids is 3. The van der Waals surface area contributed by atoms with E-state index < -0.39 is 30.0 Å². The van der Waals surface area contributed by atoms with E-state index in [1.807, 2.05) is 83.9 Å². The fourth-order valence-corrected chi connectivity index (χ4v) is 7.30. The summed E-state index contributed by atoms with van der Waals surface area (Å²) in [5, 5.41) is 8.32. The number of amides is 3. The van der Waals surface area contributed by atoms with Gasteiger partial charge in [-0.2, -0.15) is 0 Å². The third kappa shape index (κ3) is 5.85. The molecule has 3 heterocycles. The van der Waals surface area contributed by atoms with Crippen LogP contribution in [0.2, 0.25) is 0 Å². The number of nitrogens with zero attached hydrogens (tertiary/aromatic N) is 2. The standard InChI is InChI=1S/C35H36N4O4S/c1-23-10-14-26(15-11-23)37-35(42)39-31(28-9-6-22-44-28)30(33(40)25-12-16-27(43-2)17-13-25)29(24-7-4-3-5-8-24)32(39)34(41)38-20-18-36-19-21-38/h3-17,22,29-32,36H,18-21H2,1-2H3,(H,37,42). The Labute approximate surface area is 261 Å². The summed E-state index contributed by atoms with van der Waals surface area (Å²) in [6.07, 6.45) is 0. The second kappa shape index (κ2) is 13.0. The number of anilines is 1. The SMILES string of the molecule is COc1ccc(C(=O)C2C(c3ccccc3)C(C(=O)N3CCNCC3)N(C(=O)Nc3ccc(C)cc3)C2c2cccs2)cc1. The molecule has 8 nitrogen and oxygen atoms in total. The first-order valence-corrected chi connectivity index (χ1v) is 15.8. The predicted octanol–water partition coefficient (Wildman–Crippen LogP) is 5.74. The molecule has 0 radical (unpaired) electrons. The minimum atomic E-state index is -0.903. The van der Waals surface area contributed by atoms with Gasteiger partial charge in [0, 0.05) is 48.2 Å². The van der Waals surface area contributed by atoms with Crippen LogP contribution in [0.4, 0.5) is 10.5 Å². The van der Waals surface area contributed by atoms with Gasteiger partial charge in [0.05, 0.1) is 19.1 Å². The summed E-state index contributed by atoms with van der Waals surface area (Å²) in [7, 11) is 1.59. The van der Waals surface area contributed by atoms with Gasteiger partial charge in [-0.15, -0.1) is 11.3 Å². The predicted molar refractivity (Wildman–Crippen MR) is 172 cm³/mol. The first-order valence-electron chi connectivity index (χ1n) is 14.9. The van der Waals surface area contributed by atoms with Crippen LogP contribution in [-0.4, -0.2) is 66.9 Å². The third-order valence-electron chi connectivity index (χ3n) is 8.58. The highest BCUT2D eigenvalue weighted by molar-refractivity contribution is 7.10. The van der Waals surface area contributed by atoms with E-state index in [2.05, 4.69) is 10.6 Å². The molecule has 2 fully saturated rings. The molecule has 2 saturated heterocycles. The molecule has 0 aliphatic carbocycles. The number of rotatable bonds is 7. The lowest BCUT2D eigenvalue weighted by Crippen LogP contribution is -2.55. The minimum absolute atomic E-state index is 0.122. The minimum Gasteiger partial charge on any atom is -0.497 e. The molecular weight excluding hydrogens is 572 g/mol. The van der Waals surface area contributed by atoms with E-state index in [1.165, 1.54) is 11.3 Å². The number of hydrogen-bond acceptors (Lipinski definition) is 6. The quantitative estimate of drug-likeness (QED) is 0.261. The molecule has 2 N–H and O–H groups in total. The smallest absolute Gasteiger partial charge is 0.323 e. The number of benzene rings is 3. The van der Waals surface area contributed by atoms with Crippen LogP contribution < -0.4 is 15.4 Å². The molecule has 44 heavy (non-hydrogen) atoms. The van der Waals surface area contributed by atoms with Crippen molar-refractivity contribution in [1.29, 1.82) is 0 Å². The molecule has 3 amide bonds. The molecule has 6 rings (SSSR count). The summed E-state index contributed by atoms with van der Waals surface area (Å²) in [6, 6.07) is 26.2. The molecular formula is C35H36N4O4S. The molecule has 0 saturated carbocycles. The second-order valence-corrected chi connectivity index (χ2v) is 12.2. The number of carbonyl (C=O) groups is 3. The molecule has 226 valence electrons. The first-order chi connectivity index (χ1) is 21.5. The van der Waals surface area contributed by atoms with Gasteiger partial charge in [0.1, 0.15) is 11.8 Å². The van der Waals surface area contributed by atoms with E-state index >= 15 is 0 Å². The van der Waals surface area contributed by atoms with E-state index in [9.17, 15) is 14.4 Å². The Hall–Kier alpha value is -4.47. The van der Waals surface area contributed by atoms with Crippen LogP contribution in [0.15, 0.2) is 96.4 Å². The number of hydrogen-bond donors (Lipinski definition) is 2. The summed E-state index contributed by atoms with van der Waals surface area (Å²) in [4.78, 5) is 48.2. The Balaban J connectivity index is 1.52. The fourth-order valence-electron chi connectivity index (χ4n) is 6.43. The molecule has 9 heteroatoms. The molecule has 4 aromatic rings. The van der Waals surface area contributed by atoms with Crippen LogP contribution in [0, 0.1) is 12.8 Å². The van der Waals surface area contributed by atoms with Crippen molar-refractivity contribution in [3.05, 3.63) is 118 Å². The molecule has 2 aliphatic heterocycles. The van der Waals surface area contributed by atoms with Gasteiger partial charge in [0.15, 0.2) is 5.78 Å². The fraction of sp³-hybridized carbons (Fsp3) is 0.286. The molecule has 1 aromatic heterocycles. The highest BCUT2D eigenvalue weighted by Gasteiger charge is 2.58. The first kappa shape index (κ1) is 29.6. The second-order valence-electron chi connectivity index (χ2n) is 11.2. The number of likely N-dealkylation sites (tertiary alicyclic amines) is 1. The number of Topliss-reactive ketones (excluding diaryl/α,β-unsaturated/α-hetero) is 1. The van der Waals surface area contributed by atoms with Gasteiger partial charge in [0.2, 0.25) is 5.91 Å². The van der Waals surface area contributed by atoms with Gasteiger partial charge in [-0.1, -0.05) is 54.1 Å². The largest absolute Gasteiger partial charge is 0.497 e. The highest BCUT2D eigenvalue weighted by Crippen LogP contribution is 2.52. The number of methoxy groups -OCH3 is 1. The summed E-state index contributed by atoms with van der Waals surface area (Å²) in [6.45, 7) is 4.40. The van der Waals surface area contributed by atoms with E-state index in [0.29, 0.717) is 43.2 Å². The van der Waals surface area contributed by atoms with Crippen molar-refractivity contribution in [3.8, 4) is 5.75 Å². The Bertz CT molecular complexity index is 1590. The maximum Gasteiger partial charge on any atom is 0.323 e. The van der Waals surface area contributed by atoms with Crippen molar-refractivity contribution in [2.75, 3.05) is 38.6 Å². The maximum atomic E-state index is 14.7. The summed E-state index contributed by atoms with van der Waals surface area (Å²) >= 11 is 1.49. The van der Waals surface area contributed by atoms with Gasteiger partial charge < -0.3 is 25.2 Å². The van der Waals surface area contributed by atoms with E-state index in [0.717, 1.165) is 16.0 Å². The highest BCUT2D eigenvalue weighted by atomic mass is 32.1. The van der Waals surface area contributed by atoms with Crippen molar-refractivity contribution >= 4 is 34.7 Å². The van der Waals surface area contributed by atoms with Crippen molar-refractivity contribution in [3.63, 3.8) is 0 Å². The topological polar surface area (TPSA) is 91.0 Å². The molecule has 4 unspecified atom stereocenters. The van der Waals surface area contributed by atoms with Crippen LogP contribution >= 0.6 is 11.3 Å². The van der Waals surface area contributed by atoms with E-state index in [-0.39, 0.29) is 11.7 Å². The van der Waals surface area contributed by atoms with Crippen LogP contribution in [0.3, 0.4) is 0 Å². The van der Waals surface area contributed by atoms with Crippen LogP contribution in [-0.2, 0) is 4.79 Å². The van der Waals surface area contributed by atoms with Crippen LogP contribution in [0.25, 0.3) is 0 Å². The lowest BCUT2D eigenvalue weighted by molar-refractivity contribution is -0.136. The lowest BCUT2D eigenvalue weighted by atomic mass is 9.77. The zero-order chi connectivity index (χ0) is 30.6. The normalized spacial score (nSPS) is 21.6. The van der Waals surface area contributed by atoms with Crippen molar-refractivity contribution < 1.29 is 19.1 Å². The van der Waals surface area contributed by atoms with Gasteiger partial charge >= 0.3 is 6.03 Å². The van der Waals surface area contributed by atoms with E-state index in [1.54, 1.807) is 36.3 Å². The Morgan fingerprint density at radius 1 is 0.886 bits per heavy atom. The van der Waals surface area contributed by atoms with Crippen molar-refractivity contribution in [1.82, 2.24) is 15.1 Å². The summed E-state index contributed by atoms with van der Waals surface area (Å²) in [5.41, 5.74) is 3.05. The van der Waals surface area contributed by atoms with Gasteiger partial charge in [-0.05, 0) is 60.3 Å². The third-order valence-corrected chi connectivity index (χ3v) is 9.53. The number of urea groups is 1. The summed E-state index contributed by atoms with van der Waals surface area (Å²) < 4.78 is 5.35. The van der Waals surface area contributed by atoms with Gasteiger partial charge in [-0.25, -0.2) is 4.79 Å². The van der Waals surface area contributed by atoms with Crippen LogP contribution in [0.5, 0.6) is 5.75 Å². The number of ketones is 1. The molecule has 4 atom stereocenters. The number of aryl methyl sites for hydroxylation is 1. The Morgan fingerprint density at radius 3 is 2.23 bits per heavy atom. The monoisotopic (exact) mass is 608 g/mol.